The molecule has 1 heterocycles. The quantitative estimate of drug-likeness (QED) is 0.199. The van der Waals surface area contributed by atoms with E-state index in [0.717, 1.165) is 12.1 Å². The van der Waals surface area contributed by atoms with Gasteiger partial charge in [-0.1, -0.05) is 50.2 Å². The molecule has 0 N–H and O–H groups in total. The van der Waals surface area contributed by atoms with E-state index in [2.05, 4.69) is 0 Å². The van der Waals surface area contributed by atoms with Crippen LogP contribution in [0.4, 0.5) is 17.6 Å². The number of sulfone groups is 1. The van der Waals surface area contributed by atoms with Gasteiger partial charge in [-0.2, -0.15) is 18.4 Å². The number of allylic oxidation sites excluding steroid dienone is 1. The van der Waals surface area contributed by atoms with Crippen molar-refractivity contribution in [2.75, 3.05) is 0 Å². The lowest BCUT2D eigenvalue weighted by Gasteiger charge is -2.19. The lowest BCUT2D eigenvalue weighted by atomic mass is 10.1. The number of halogens is 4. The van der Waals surface area contributed by atoms with Crippen molar-refractivity contribution in [1.29, 1.82) is 5.26 Å². The lowest BCUT2D eigenvalue weighted by molar-refractivity contribution is -0.137. The van der Waals surface area contributed by atoms with E-state index in [1.54, 1.807) is 62.4 Å². The molecule has 9 heteroatoms. The predicted octanol–water partition coefficient (Wildman–Crippen LogP) is 7.56. The molecule has 37 heavy (non-hydrogen) atoms. The molecule has 4 rings (SSSR count). The van der Waals surface area contributed by atoms with Crippen LogP contribution in [0.5, 0.6) is 0 Å². The fourth-order valence-electron chi connectivity index (χ4n) is 4.33. The summed E-state index contributed by atoms with van der Waals surface area (Å²) >= 11 is 0. The largest absolute Gasteiger partial charge is 0.418 e. The molecule has 0 bridgehead atoms. The summed E-state index contributed by atoms with van der Waals surface area (Å²) in [5, 5.41) is 11.0. The minimum atomic E-state index is -4.83. The van der Waals surface area contributed by atoms with Crippen LogP contribution < -0.4 is 0 Å². The number of benzene rings is 3. The average Bonchev–Trinajstić information content (AvgIpc) is 3.17. The van der Waals surface area contributed by atoms with E-state index in [0.29, 0.717) is 22.5 Å². The van der Waals surface area contributed by atoms with Gasteiger partial charge in [0.1, 0.15) is 16.8 Å². The van der Waals surface area contributed by atoms with Gasteiger partial charge < -0.3 is 4.57 Å². The smallest absolute Gasteiger partial charge is 0.317 e. The third-order valence-electron chi connectivity index (χ3n) is 6.14. The summed E-state index contributed by atoms with van der Waals surface area (Å²) in [5.74, 6) is -1.30. The van der Waals surface area contributed by atoms with E-state index in [1.165, 1.54) is 23.6 Å². The highest BCUT2D eigenvalue weighted by molar-refractivity contribution is 7.96. The number of aromatic nitrogens is 1. The number of nitriles is 1. The first-order valence-electron chi connectivity index (χ1n) is 11.3. The Morgan fingerprint density at radius 1 is 1.03 bits per heavy atom. The molecular weight excluding hydrogens is 504 g/mol. The summed E-state index contributed by atoms with van der Waals surface area (Å²) in [6.45, 7) is 5.07. The Labute approximate surface area is 212 Å². The van der Waals surface area contributed by atoms with Crippen molar-refractivity contribution >= 4 is 26.7 Å². The van der Waals surface area contributed by atoms with Crippen molar-refractivity contribution in [3.8, 4) is 11.8 Å². The summed E-state index contributed by atoms with van der Waals surface area (Å²) in [6, 6.07) is 17.3. The van der Waals surface area contributed by atoms with Gasteiger partial charge in [-0.15, -0.1) is 0 Å². The minimum absolute atomic E-state index is 0.0440. The van der Waals surface area contributed by atoms with E-state index in [4.69, 9.17) is 0 Å². The monoisotopic (exact) mass is 526 g/mol. The first-order valence-corrected chi connectivity index (χ1v) is 12.8. The number of alkyl halides is 3. The van der Waals surface area contributed by atoms with Crippen LogP contribution in [0.15, 0.2) is 76.5 Å². The van der Waals surface area contributed by atoms with Gasteiger partial charge in [0.15, 0.2) is 0 Å². The fraction of sp³-hybridized carbons (Fsp3) is 0.179. The zero-order valence-corrected chi connectivity index (χ0v) is 21.0. The molecule has 0 radical (unpaired) electrons. The molecule has 0 amide bonds. The maximum atomic E-state index is 13.8. The molecule has 4 nitrogen and oxygen atoms in total. The molecule has 4 aromatic rings. The molecule has 0 unspecified atom stereocenters. The highest BCUT2D eigenvalue weighted by Crippen LogP contribution is 2.38. The normalized spacial score (nSPS) is 12.8. The van der Waals surface area contributed by atoms with Gasteiger partial charge in [0.05, 0.1) is 16.1 Å². The van der Waals surface area contributed by atoms with Crippen LogP contribution in [0.2, 0.25) is 0 Å². The molecule has 0 atom stereocenters. The van der Waals surface area contributed by atoms with Gasteiger partial charge in [-0.05, 0) is 60.2 Å². The Hall–Kier alpha value is -3.90. The third-order valence-corrected chi connectivity index (χ3v) is 7.86. The zero-order chi connectivity index (χ0) is 27.1. The summed E-state index contributed by atoms with van der Waals surface area (Å²) in [5.41, 5.74) is -0.457. The standard InChI is InChI=1S/C28H22F4N2O2S/c1-17(2)26-14-20(18(3)34(26)25-12-11-21(29)15-24(25)28(30,31)32)13-22(16-33)37(35,36)27-10-6-8-19-7-4-5-9-23(19)27/h4-15,17H,1-3H3/b22-13+. The highest BCUT2D eigenvalue weighted by atomic mass is 32.2. The molecule has 0 spiro atoms. The van der Waals surface area contributed by atoms with Crippen LogP contribution in [0.3, 0.4) is 0 Å². The molecule has 0 aliphatic heterocycles. The van der Waals surface area contributed by atoms with Crippen molar-refractivity contribution in [3.63, 3.8) is 0 Å². The first kappa shape index (κ1) is 26.2. The van der Waals surface area contributed by atoms with Crippen LogP contribution in [0, 0.1) is 24.1 Å². The maximum absolute atomic E-state index is 13.8. The molecule has 3 aromatic carbocycles. The van der Waals surface area contributed by atoms with Crippen molar-refractivity contribution in [2.24, 2.45) is 0 Å². The minimum Gasteiger partial charge on any atom is -0.317 e. The summed E-state index contributed by atoms with van der Waals surface area (Å²) < 4.78 is 83.6. The molecule has 0 saturated carbocycles. The highest BCUT2D eigenvalue weighted by Gasteiger charge is 2.35. The van der Waals surface area contributed by atoms with Crippen LogP contribution >= 0.6 is 0 Å². The van der Waals surface area contributed by atoms with Crippen LogP contribution in [0.25, 0.3) is 22.5 Å². The molecule has 190 valence electrons. The van der Waals surface area contributed by atoms with Crippen molar-refractivity contribution in [2.45, 2.75) is 37.8 Å². The predicted molar refractivity (Wildman–Crippen MR) is 134 cm³/mol. The second kappa shape index (κ2) is 9.52. The number of hydrogen-bond donors (Lipinski definition) is 0. The number of fused-ring (bicyclic) bond motifs is 1. The van der Waals surface area contributed by atoms with Gasteiger partial charge >= 0.3 is 6.18 Å². The van der Waals surface area contributed by atoms with Gasteiger partial charge in [0.2, 0.25) is 9.84 Å². The molecule has 0 fully saturated rings. The lowest BCUT2D eigenvalue weighted by Crippen LogP contribution is -2.14. The Bertz CT molecular complexity index is 1690. The average molecular weight is 527 g/mol. The van der Waals surface area contributed by atoms with Crippen molar-refractivity contribution < 1.29 is 26.0 Å². The Morgan fingerprint density at radius 2 is 1.70 bits per heavy atom. The van der Waals surface area contributed by atoms with Gasteiger partial charge in [0, 0.05) is 16.8 Å². The second-order valence-electron chi connectivity index (χ2n) is 8.86. The summed E-state index contributed by atoms with van der Waals surface area (Å²) in [4.78, 5) is -0.591. The molecule has 0 aliphatic carbocycles. The van der Waals surface area contributed by atoms with Crippen LogP contribution in [0.1, 0.15) is 42.3 Å². The molecule has 0 saturated heterocycles. The zero-order valence-electron chi connectivity index (χ0n) is 20.1. The Balaban J connectivity index is 1.95. The van der Waals surface area contributed by atoms with Gasteiger partial charge in [-0.25, -0.2) is 12.8 Å². The number of nitrogens with zero attached hydrogens (tertiary/aromatic N) is 2. The SMILES string of the molecule is Cc1c(/C=C(\C#N)S(=O)(=O)c2cccc3ccccc23)cc(C(C)C)n1-c1ccc(F)cc1C(F)(F)F. The summed E-state index contributed by atoms with van der Waals surface area (Å²) in [7, 11) is -4.26. The Kier molecular flexibility index (Phi) is 6.74. The number of hydrogen-bond acceptors (Lipinski definition) is 3. The third kappa shape index (κ3) is 4.77. The topological polar surface area (TPSA) is 62.9 Å². The van der Waals surface area contributed by atoms with E-state index in [9.17, 15) is 31.2 Å². The van der Waals surface area contributed by atoms with Crippen molar-refractivity contribution in [3.05, 3.63) is 100.0 Å². The molecule has 0 aliphatic rings. The van der Waals surface area contributed by atoms with Gasteiger partial charge in [-0.3, -0.25) is 0 Å². The van der Waals surface area contributed by atoms with E-state index < -0.39 is 32.3 Å². The van der Waals surface area contributed by atoms with Crippen LogP contribution in [-0.4, -0.2) is 13.0 Å². The molecule has 1 aromatic heterocycles. The number of rotatable bonds is 5. The van der Waals surface area contributed by atoms with E-state index in [-0.39, 0.29) is 27.8 Å². The Morgan fingerprint density at radius 3 is 2.35 bits per heavy atom. The summed E-state index contributed by atoms with van der Waals surface area (Å²) in [6.07, 6.45) is -3.65. The second-order valence-corrected chi connectivity index (χ2v) is 10.7. The molecular formula is C28H22F4N2O2S. The fourth-order valence-corrected chi connectivity index (χ4v) is 5.70. The first-order chi connectivity index (χ1) is 17.4. The van der Waals surface area contributed by atoms with Crippen LogP contribution in [-0.2, 0) is 16.0 Å². The van der Waals surface area contributed by atoms with E-state index in [1.807, 2.05) is 0 Å². The van der Waals surface area contributed by atoms with E-state index >= 15 is 0 Å². The maximum Gasteiger partial charge on any atom is 0.418 e. The van der Waals surface area contributed by atoms with Gasteiger partial charge in [0.25, 0.3) is 0 Å². The van der Waals surface area contributed by atoms with Crippen molar-refractivity contribution in [1.82, 2.24) is 4.57 Å².